The molecule has 0 aliphatic rings. The van der Waals surface area contributed by atoms with Gasteiger partial charge in [0, 0.05) is 15.7 Å². The fourth-order valence-electron chi connectivity index (χ4n) is 1.34. The Bertz CT molecular complexity index is 604. The van der Waals surface area contributed by atoms with Crippen molar-refractivity contribution in [2.45, 2.75) is 0 Å². The summed E-state index contributed by atoms with van der Waals surface area (Å²) < 4.78 is 0.677. The maximum Gasteiger partial charge on any atom is 0.257 e. The lowest BCUT2D eigenvalue weighted by molar-refractivity contribution is 0.102. The van der Waals surface area contributed by atoms with Gasteiger partial charge >= 0.3 is 0 Å². The molecule has 0 radical (unpaired) electrons. The van der Waals surface area contributed by atoms with Gasteiger partial charge in [-0.3, -0.25) is 9.78 Å². The van der Waals surface area contributed by atoms with E-state index >= 15 is 0 Å². The summed E-state index contributed by atoms with van der Waals surface area (Å²) in [5, 5.41) is 12.5. The van der Waals surface area contributed by atoms with Gasteiger partial charge in [-0.25, -0.2) is 0 Å². The summed E-state index contributed by atoms with van der Waals surface area (Å²) in [6, 6.07) is 6.37. The van der Waals surface area contributed by atoms with E-state index in [9.17, 15) is 9.90 Å². The predicted octanol–water partition coefficient (Wildman–Crippen LogP) is 3.46. The first-order valence-corrected chi connectivity index (χ1v) is 6.14. The zero-order chi connectivity index (χ0) is 13.1. The molecule has 0 atom stereocenters. The zero-order valence-corrected chi connectivity index (χ0v) is 11.4. The highest BCUT2D eigenvalue weighted by Crippen LogP contribution is 2.26. The van der Waals surface area contributed by atoms with Crippen molar-refractivity contribution in [1.29, 1.82) is 0 Å². The third-order valence-corrected chi connectivity index (χ3v) is 3.06. The van der Waals surface area contributed by atoms with Crippen LogP contribution >= 0.6 is 27.5 Å². The van der Waals surface area contributed by atoms with Crippen molar-refractivity contribution in [3.8, 4) is 5.75 Å². The minimum absolute atomic E-state index is 0.0576. The topological polar surface area (TPSA) is 62.2 Å². The van der Waals surface area contributed by atoms with Gasteiger partial charge in [0.05, 0.1) is 17.4 Å². The fourth-order valence-corrected chi connectivity index (χ4v) is 2.12. The van der Waals surface area contributed by atoms with Gasteiger partial charge < -0.3 is 10.4 Å². The molecule has 0 saturated carbocycles. The number of halogens is 2. The molecule has 2 aromatic rings. The van der Waals surface area contributed by atoms with Gasteiger partial charge in [0.1, 0.15) is 5.75 Å². The highest BCUT2D eigenvalue weighted by Gasteiger charge is 2.09. The van der Waals surface area contributed by atoms with Crippen LogP contribution in [0.2, 0.25) is 5.02 Å². The Labute approximate surface area is 117 Å². The van der Waals surface area contributed by atoms with Gasteiger partial charge in [0.15, 0.2) is 0 Å². The average Bonchev–Trinajstić information content (AvgIpc) is 2.32. The molecule has 0 aliphatic heterocycles. The van der Waals surface area contributed by atoms with E-state index in [4.69, 9.17) is 11.6 Å². The van der Waals surface area contributed by atoms with E-state index in [1.807, 2.05) is 0 Å². The summed E-state index contributed by atoms with van der Waals surface area (Å²) in [6.45, 7) is 0. The molecule has 1 heterocycles. The lowest BCUT2D eigenvalue weighted by Gasteiger charge is -2.07. The number of nitrogens with zero attached hydrogens (tertiary/aromatic N) is 1. The average molecular weight is 328 g/mol. The number of pyridine rings is 1. The summed E-state index contributed by atoms with van der Waals surface area (Å²) in [4.78, 5) is 15.6. The number of rotatable bonds is 2. The Kier molecular flexibility index (Phi) is 3.84. The quantitative estimate of drug-likeness (QED) is 0.888. The van der Waals surface area contributed by atoms with Crippen LogP contribution in [0.1, 0.15) is 10.4 Å². The minimum Gasteiger partial charge on any atom is -0.506 e. The second-order valence-corrected chi connectivity index (χ2v) is 4.80. The van der Waals surface area contributed by atoms with Gasteiger partial charge in [0.25, 0.3) is 5.91 Å². The van der Waals surface area contributed by atoms with Gasteiger partial charge in [0.2, 0.25) is 0 Å². The monoisotopic (exact) mass is 326 g/mol. The first kappa shape index (κ1) is 12.9. The Balaban J connectivity index is 2.21. The molecule has 0 saturated heterocycles. The van der Waals surface area contributed by atoms with Crippen molar-refractivity contribution in [3.05, 3.63) is 51.7 Å². The standard InChI is InChI=1S/C12H8BrClN2O2/c13-10-4-8(14)1-2-11(10)16-12(18)7-3-9(17)6-15-5-7/h1-6,17H,(H,16,18). The third-order valence-electron chi connectivity index (χ3n) is 2.17. The van der Waals surface area contributed by atoms with Crippen LogP contribution in [0.25, 0.3) is 0 Å². The van der Waals surface area contributed by atoms with Crippen LogP contribution < -0.4 is 5.32 Å². The van der Waals surface area contributed by atoms with E-state index in [1.54, 1.807) is 18.2 Å². The van der Waals surface area contributed by atoms with Crippen molar-refractivity contribution in [3.63, 3.8) is 0 Å². The second kappa shape index (κ2) is 5.37. The van der Waals surface area contributed by atoms with Gasteiger partial charge in [-0.1, -0.05) is 11.6 Å². The number of anilines is 1. The minimum atomic E-state index is -0.360. The van der Waals surface area contributed by atoms with Crippen LogP contribution in [0.15, 0.2) is 41.1 Å². The molecule has 2 N–H and O–H groups in total. The first-order chi connectivity index (χ1) is 8.56. The number of aromatic hydroxyl groups is 1. The smallest absolute Gasteiger partial charge is 0.257 e. The molecule has 4 nitrogen and oxygen atoms in total. The lowest BCUT2D eigenvalue weighted by atomic mass is 10.2. The van der Waals surface area contributed by atoms with Crippen molar-refractivity contribution in [2.75, 3.05) is 5.32 Å². The van der Waals surface area contributed by atoms with E-state index in [0.717, 1.165) is 0 Å². The van der Waals surface area contributed by atoms with Gasteiger partial charge in [-0.15, -0.1) is 0 Å². The van der Waals surface area contributed by atoms with E-state index in [0.29, 0.717) is 15.2 Å². The number of amides is 1. The van der Waals surface area contributed by atoms with Crippen molar-refractivity contribution in [1.82, 2.24) is 4.98 Å². The summed E-state index contributed by atoms with van der Waals surface area (Å²) in [6.07, 6.45) is 2.63. The normalized spacial score (nSPS) is 10.1. The molecule has 1 amide bonds. The molecule has 0 aliphatic carbocycles. The molecular weight excluding hydrogens is 320 g/mol. The van der Waals surface area contributed by atoms with Crippen molar-refractivity contribution >= 4 is 39.1 Å². The Morgan fingerprint density at radius 3 is 2.78 bits per heavy atom. The van der Waals surface area contributed by atoms with Crippen LogP contribution in [0, 0.1) is 0 Å². The summed E-state index contributed by atoms with van der Waals surface area (Å²) in [5.74, 6) is -0.417. The number of carbonyl (C=O) groups is 1. The molecule has 18 heavy (non-hydrogen) atoms. The van der Waals surface area contributed by atoms with Crippen molar-refractivity contribution in [2.24, 2.45) is 0 Å². The Morgan fingerprint density at radius 1 is 1.33 bits per heavy atom. The molecular formula is C12H8BrClN2O2. The van der Waals surface area contributed by atoms with E-state index < -0.39 is 0 Å². The fraction of sp³-hybridized carbons (Fsp3) is 0. The number of carbonyl (C=O) groups excluding carboxylic acids is 1. The second-order valence-electron chi connectivity index (χ2n) is 3.51. The molecule has 0 spiro atoms. The summed E-state index contributed by atoms with van der Waals surface area (Å²) in [5.41, 5.74) is 0.865. The number of hydrogen-bond donors (Lipinski definition) is 2. The van der Waals surface area contributed by atoms with Crippen LogP contribution in [0.4, 0.5) is 5.69 Å². The Morgan fingerprint density at radius 2 is 2.11 bits per heavy atom. The van der Waals surface area contributed by atoms with Crippen LogP contribution in [-0.2, 0) is 0 Å². The lowest BCUT2D eigenvalue weighted by Crippen LogP contribution is -2.12. The Hall–Kier alpha value is -1.59. The van der Waals surface area contributed by atoms with Gasteiger partial charge in [-0.05, 0) is 40.2 Å². The zero-order valence-electron chi connectivity index (χ0n) is 9.02. The number of nitrogens with one attached hydrogen (secondary N) is 1. The summed E-state index contributed by atoms with van der Waals surface area (Å²) >= 11 is 9.10. The van der Waals surface area contributed by atoms with Crippen LogP contribution in [-0.4, -0.2) is 16.0 Å². The number of benzene rings is 1. The molecule has 2 rings (SSSR count). The van der Waals surface area contributed by atoms with Crippen LogP contribution in [0.3, 0.4) is 0 Å². The van der Waals surface area contributed by atoms with Crippen molar-refractivity contribution < 1.29 is 9.90 Å². The first-order valence-electron chi connectivity index (χ1n) is 4.96. The van der Waals surface area contributed by atoms with E-state index in [2.05, 4.69) is 26.2 Å². The van der Waals surface area contributed by atoms with E-state index in [1.165, 1.54) is 18.5 Å². The van der Waals surface area contributed by atoms with Crippen LogP contribution in [0.5, 0.6) is 5.75 Å². The highest BCUT2D eigenvalue weighted by molar-refractivity contribution is 9.10. The third kappa shape index (κ3) is 3.00. The molecule has 6 heteroatoms. The maximum absolute atomic E-state index is 11.9. The molecule has 1 aromatic carbocycles. The van der Waals surface area contributed by atoms with E-state index in [-0.39, 0.29) is 17.2 Å². The molecule has 92 valence electrons. The summed E-state index contributed by atoms with van der Waals surface area (Å²) in [7, 11) is 0. The number of aromatic nitrogens is 1. The highest BCUT2D eigenvalue weighted by atomic mass is 79.9. The largest absolute Gasteiger partial charge is 0.506 e. The van der Waals surface area contributed by atoms with Gasteiger partial charge in [-0.2, -0.15) is 0 Å². The molecule has 1 aromatic heterocycles. The molecule has 0 bridgehead atoms. The molecule has 0 fully saturated rings. The SMILES string of the molecule is O=C(Nc1ccc(Cl)cc1Br)c1cncc(O)c1. The maximum atomic E-state index is 11.9. The predicted molar refractivity (Wildman–Crippen MR) is 73.0 cm³/mol. The number of hydrogen-bond acceptors (Lipinski definition) is 3. The molecule has 0 unspecified atom stereocenters.